The number of H-pyrrole nitrogens is 1. The molecule has 148 valence electrons. The summed E-state index contributed by atoms with van der Waals surface area (Å²) in [7, 11) is 1.44. The zero-order valence-electron chi connectivity index (χ0n) is 15.1. The zero-order chi connectivity index (χ0) is 21.0. The number of para-hydroxylation sites is 1. The van der Waals surface area contributed by atoms with Crippen molar-refractivity contribution in [3.05, 3.63) is 80.5 Å². The van der Waals surface area contributed by atoms with E-state index in [0.717, 1.165) is 10.8 Å². The number of nitrogens with zero attached hydrogens (tertiary/aromatic N) is 2. The van der Waals surface area contributed by atoms with Crippen LogP contribution in [0.3, 0.4) is 0 Å². The Balaban J connectivity index is 1.95. The van der Waals surface area contributed by atoms with E-state index in [0.29, 0.717) is 5.75 Å². The second-order valence-corrected chi connectivity index (χ2v) is 5.75. The van der Waals surface area contributed by atoms with Gasteiger partial charge in [0.25, 0.3) is 11.5 Å². The van der Waals surface area contributed by atoms with Crippen LogP contribution in [0.15, 0.2) is 63.2 Å². The summed E-state index contributed by atoms with van der Waals surface area (Å²) in [6.07, 6.45) is 0.891. The molecule has 29 heavy (non-hydrogen) atoms. The maximum Gasteiger partial charge on any atom is 0.335 e. The van der Waals surface area contributed by atoms with E-state index in [9.17, 15) is 24.6 Å². The predicted molar refractivity (Wildman–Crippen MR) is 104 cm³/mol. The lowest BCUT2D eigenvalue weighted by Gasteiger charge is -2.10. The second kappa shape index (κ2) is 8.13. The number of nitrogens with one attached hydrogen (secondary N) is 2. The van der Waals surface area contributed by atoms with Crippen LogP contribution in [0.5, 0.6) is 17.4 Å². The van der Waals surface area contributed by atoms with Crippen molar-refractivity contribution in [3.8, 4) is 23.1 Å². The number of hydrogen-bond acceptors (Lipinski definition) is 7. The van der Waals surface area contributed by atoms with E-state index in [2.05, 4.69) is 15.5 Å². The van der Waals surface area contributed by atoms with Crippen molar-refractivity contribution >= 4 is 12.1 Å². The lowest BCUT2D eigenvalue weighted by molar-refractivity contribution is 0.0952. The number of hydrazone groups is 1. The molecule has 0 atom stereocenters. The van der Waals surface area contributed by atoms with E-state index in [1.54, 1.807) is 24.3 Å². The number of ether oxygens (including phenoxy) is 1. The first kappa shape index (κ1) is 19.4. The Kier molecular flexibility index (Phi) is 5.44. The smallest absolute Gasteiger partial charge is 0.335 e. The fourth-order valence-corrected chi connectivity index (χ4v) is 2.53. The molecule has 0 saturated carbocycles. The van der Waals surface area contributed by atoms with Crippen molar-refractivity contribution in [1.29, 1.82) is 0 Å². The number of carbonyl (C=O) groups is 1. The molecule has 0 spiro atoms. The van der Waals surface area contributed by atoms with Gasteiger partial charge in [-0.05, 0) is 24.3 Å². The summed E-state index contributed by atoms with van der Waals surface area (Å²) in [4.78, 5) is 38.4. The summed E-state index contributed by atoms with van der Waals surface area (Å²) in [5, 5.41) is 23.7. The second-order valence-electron chi connectivity index (χ2n) is 5.75. The summed E-state index contributed by atoms with van der Waals surface area (Å²) in [5.74, 6) is -1.21. The van der Waals surface area contributed by atoms with Crippen LogP contribution in [-0.4, -0.2) is 39.0 Å². The average Bonchev–Trinajstić information content (AvgIpc) is 2.70. The monoisotopic (exact) mass is 396 g/mol. The van der Waals surface area contributed by atoms with Crippen LogP contribution in [0, 0.1) is 0 Å². The van der Waals surface area contributed by atoms with Crippen molar-refractivity contribution in [2.45, 2.75) is 0 Å². The Morgan fingerprint density at radius 3 is 2.66 bits per heavy atom. The highest BCUT2D eigenvalue weighted by Crippen LogP contribution is 2.20. The largest absolute Gasteiger partial charge is 0.507 e. The number of aromatic hydroxyl groups is 2. The molecule has 0 fully saturated rings. The lowest BCUT2D eigenvalue weighted by atomic mass is 10.2. The highest BCUT2D eigenvalue weighted by molar-refractivity contribution is 5.97. The molecule has 0 aliphatic carbocycles. The molecule has 10 heteroatoms. The van der Waals surface area contributed by atoms with Crippen LogP contribution < -0.4 is 21.4 Å². The predicted octanol–water partition coefficient (Wildman–Crippen LogP) is 0.709. The molecule has 3 rings (SSSR count). The first-order valence-corrected chi connectivity index (χ1v) is 8.26. The van der Waals surface area contributed by atoms with Gasteiger partial charge < -0.3 is 14.9 Å². The Bertz CT molecular complexity index is 1210. The summed E-state index contributed by atoms with van der Waals surface area (Å²) in [5.41, 5.74) is 0.239. The van der Waals surface area contributed by atoms with Gasteiger partial charge in [0, 0.05) is 6.07 Å². The summed E-state index contributed by atoms with van der Waals surface area (Å²) in [6, 6.07) is 12.1. The Morgan fingerprint density at radius 2 is 1.93 bits per heavy atom. The molecule has 1 amide bonds. The average molecular weight is 396 g/mol. The fraction of sp³-hybridized carbons (Fsp3) is 0.0526. The van der Waals surface area contributed by atoms with E-state index in [1.807, 2.05) is 0 Å². The third kappa shape index (κ3) is 4.00. The van der Waals surface area contributed by atoms with Gasteiger partial charge in [-0.25, -0.2) is 14.8 Å². The SMILES string of the molecule is COc1cccc(-n2c(O)c(/C=N\NC(=O)c3ccccc3O)c(=O)[nH]c2=O)c1. The molecule has 0 unspecified atom stereocenters. The summed E-state index contributed by atoms with van der Waals surface area (Å²) >= 11 is 0. The number of carbonyl (C=O) groups excluding carboxylic acids is 1. The number of methoxy groups -OCH3 is 1. The molecular weight excluding hydrogens is 380 g/mol. The van der Waals surface area contributed by atoms with Crippen LogP contribution in [0.25, 0.3) is 5.69 Å². The van der Waals surface area contributed by atoms with Gasteiger partial charge in [0.15, 0.2) is 0 Å². The van der Waals surface area contributed by atoms with Crippen molar-refractivity contribution in [2.75, 3.05) is 7.11 Å². The van der Waals surface area contributed by atoms with Crippen LogP contribution in [-0.2, 0) is 0 Å². The van der Waals surface area contributed by atoms with Gasteiger partial charge in [-0.15, -0.1) is 0 Å². The molecule has 0 aliphatic rings. The number of hydrogen-bond donors (Lipinski definition) is 4. The number of phenols is 1. The minimum atomic E-state index is -0.896. The van der Waals surface area contributed by atoms with Gasteiger partial charge in [-0.2, -0.15) is 5.10 Å². The maximum absolute atomic E-state index is 12.2. The first-order valence-electron chi connectivity index (χ1n) is 8.26. The highest BCUT2D eigenvalue weighted by atomic mass is 16.5. The molecule has 2 aromatic carbocycles. The molecule has 3 aromatic rings. The molecule has 1 heterocycles. The van der Waals surface area contributed by atoms with E-state index < -0.39 is 23.0 Å². The minimum Gasteiger partial charge on any atom is -0.507 e. The number of aromatic nitrogens is 2. The molecule has 0 radical (unpaired) electrons. The van der Waals surface area contributed by atoms with Crippen LogP contribution in [0.4, 0.5) is 0 Å². The standard InChI is InChI=1S/C19H16N4O6/c1-29-12-6-4-5-11(9-12)23-18(27)14(16(25)21-19(23)28)10-20-22-17(26)13-7-2-3-8-15(13)24/h2-10,24,27H,1H3,(H,22,26)(H,21,25,28)/b20-10-. The van der Waals surface area contributed by atoms with Gasteiger partial charge in [-0.3, -0.25) is 14.6 Å². The maximum atomic E-state index is 12.2. The third-order valence-corrected chi connectivity index (χ3v) is 3.94. The quantitative estimate of drug-likeness (QED) is 0.369. The number of phenolic OH excluding ortho intramolecular Hbond substituents is 1. The van der Waals surface area contributed by atoms with E-state index in [1.165, 1.54) is 31.4 Å². The molecule has 4 N–H and O–H groups in total. The van der Waals surface area contributed by atoms with Gasteiger partial charge in [0.05, 0.1) is 24.6 Å². The number of benzene rings is 2. The van der Waals surface area contributed by atoms with E-state index in [-0.39, 0.29) is 22.6 Å². The number of amides is 1. The van der Waals surface area contributed by atoms with E-state index in [4.69, 9.17) is 4.74 Å². The third-order valence-electron chi connectivity index (χ3n) is 3.94. The molecule has 0 saturated heterocycles. The van der Waals surface area contributed by atoms with Crippen molar-refractivity contribution < 1.29 is 19.7 Å². The molecule has 10 nitrogen and oxygen atoms in total. The van der Waals surface area contributed by atoms with Crippen molar-refractivity contribution in [1.82, 2.24) is 15.0 Å². The normalized spacial score (nSPS) is 10.8. The van der Waals surface area contributed by atoms with Crippen LogP contribution in [0.1, 0.15) is 15.9 Å². The van der Waals surface area contributed by atoms with Gasteiger partial charge in [0.2, 0.25) is 5.88 Å². The lowest BCUT2D eigenvalue weighted by Crippen LogP contribution is -2.31. The highest BCUT2D eigenvalue weighted by Gasteiger charge is 2.15. The van der Waals surface area contributed by atoms with Gasteiger partial charge in [-0.1, -0.05) is 18.2 Å². The summed E-state index contributed by atoms with van der Waals surface area (Å²) in [6.45, 7) is 0. The van der Waals surface area contributed by atoms with Crippen molar-refractivity contribution in [3.63, 3.8) is 0 Å². The van der Waals surface area contributed by atoms with Crippen LogP contribution in [0.2, 0.25) is 0 Å². The summed E-state index contributed by atoms with van der Waals surface area (Å²) < 4.78 is 5.95. The molecule has 0 bridgehead atoms. The minimum absolute atomic E-state index is 0.0240. The Hall–Kier alpha value is -4.34. The van der Waals surface area contributed by atoms with Gasteiger partial charge in [0.1, 0.15) is 17.1 Å². The van der Waals surface area contributed by atoms with Crippen molar-refractivity contribution in [2.24, 2.45) is 5.10 Å². The van der Waals surface area contributed by atoms with Crippen LogP contribution >= 0.6 is 0 Å². The van der Waals surface area contributed by atoms with E-state index >= 15 is 0 Å². The Morgan fingerprint density at radius 1 is 1.17 bits per heavy atom. The zero-order valence-corrected chi connectivity index (χ0v) is 15.1. The number of aromatic amines is 1. The Labute approximate surface area is 163 Å². The molecular formula is C19H16N4O6. The topological polar surface area (TPSA) is 146 Å². The first-order chi connectivity index (χ1) is 13.9. The fourth-order valence-electron chi connectivity index (χ4n) is 2.53. The molecule has 1 aromatic heterocycles. The van der Waals surface area contributed by atoms with Gasteiger partial charge >= 0.3 is 5.69 Å². The molecule has 0 aliphatic heterocycles. The number of rotatable bonds is 5.